The molecule has 8 heteroatoms. The highest BCUT2D eigenvalue weighted by Gasteiger charge is 2.11. The molecule has 0 fully saturated rings. The minimum atomic E-state index is -0.411. The molecule has 1 aromatic carbocycles. The Morgan fingerprint density at radius 3 is 2.68 bits per heavy atom. The number of halogens is 1. The van der Waals surface area contributed by atoms with Crippen molar-refractivity contribution in [3.8, 4) is 11.5 Å². The second-order valence-corrected chi connectivity index (χ2v) is 5.31. The van der Waals surface area contributed by atoms with Crippen molar-refractivity contribution in [2.45, 2.75) is 19.9 Å². The van der Waals surface area contributed by atoms with Gasteiger partial charge in [0.2, 0.25) is 5.91 Å². The van der Waals surface area contributed by atoms with Gasteiger partial charge in [-0.05, 0) is 30.3 Å². The first-order chi connectivity index (χ1) is 12.0. The van der Waals surface area contributed by atoms with Crippen molar-refractivity contribution in [3.05, 3.63) is 64.6 Å². The van der Waals surface area contributed by atoms with Gasteiger partial charge in [0, 0.05) is 24.4 Å². The van der Waals surface area contributed by atoms with Crippen molar-refractivity contribution in [3.63, 3.8) is 0 Å². The zero-order valence-electron chi connectivity index (χ0n) is 13.4. The van der Waals surface area contributed by atoms with E-state index in [-0.39, 0.29) is 18.0 Å². The van der Waals surface area contributed by atoms with Crippen LogP contribution in [0.2, 0.25) is 0 Å². The zero-order chi connectivity index (χ0) is 17.8. The van der Waals surface area contributed by atoms with Crippen LogP contribution in [0.25, 0.3) is 11.5 Å². The first-order valence-electron chi connectivity index (χ1n) is 7.64. The highest BCUT2D eigenvalue weighted by atomic mass is 19.1. The molecular weight excluding hydrogens is 327 g/mol. The molecule has 2 heterocycles. The van der Waals surface area contributed by atoms with E-state index in [2.05, 4.69) is 15.5 Å². The Balaban J connectivity index is 1.77. The van der Waals surface area contributed by atoms with Crippen LogP contribution in [0.15, 0.2) is 51.9 Å². The Morgan fingerprint density at radius 1 is 1.24 bits per heavy atom. The van der Waals surface area contributed by atoms with Gasteiger partial charge < -0.3 is 14.4 Å². The number of aryl methyl sites for hydroxylation is 1. The molecule has 0 bridgehead atoms. The van der Waals surface area contributed by atoms with E-state index >= 15 is 0 Å². The Hall–Kier alpha value is -3.29. The Bertz CT molecular complexity index is 947. The Labute approximate surface area is 142 Å². The largest absolute Gasteiger partial charge is 0.334 e. The number of carbonyl (C=O) groups is 1. The second kappa shape index (κ2) is 7.08. The predicted molar refractivity (Wildman–Crippen MR) is 88.4 cm³/mol. The van der Waals surface area contributed by atoms with E-state index in [1.807, 2.05) is 6.92 Å². The van der Waals surface area contributed by atoms with Crippen molar-refractivity contribution in [1.82, 2.24) is 14.7 Å². The normalized spacial score (nSPS) is 10.6. The smallest absolute Gasteiger partial charge is 0.259 e. The molecule has 3 rings (SSSR count). The van der Waals surface area contributed by atoms with Gasteiger partial charge in [-0.3, -0.25) is 9.59 Å². The number of nitrogens with one attached hydrogen (secondary N) is 1. The van der Waals surface area contributed by atoms with E-state index in [4.69, 9.17) is 4.52 Å². The van der Waals surface area contributed by atoms with Crippen LogP contribution in [0.1, 0.15) is 12.7 Å². The molecule has 2 aromatic heterocycles. The number of hydrogen-bond donors (Lipinski definition) is 1. The van der Waals surface area contributed by atoms with Crippen molar-refractivity contribution in [2.75, 3.05) is 5.32 Å². The molecule has 0 aliphatic carbocycles. The van der Waals surface area contributed by atoms with Gasteiger partial charge >= 0.3 is 0 Å². The summed E-state index contributed by atoms with van der Waals surface area (Å²) in [5.41, 5.74) is 0.648. The number of rotatable bonds is 5. The van der Waals surface area contributed by atoms with Crippen LogP contribution in [0.4, 0.5) is 10.1 Å². The van der Waals surface area contributed by atoms with Gasteiger partial charge in [-0.15, -0.1) is 0 Å². The van der Waals surface area contributed by atoms with Gasteiger partial charge in [-0.25, -0.2) is 4.39 Å². The Morgan fingerprint density at radius 2 is 2.00 bits per heavy atom. The quantitative estimate of drug-likeness (QED) is 0.768. The first-order valence-corrected chi connectivity index (χ1v) is 7.64. The fraction of sp³-hybridized carbons (Fsp3) is 0.176. The fourth-order valence-electron chi connectivity index (χ4n) is 2.18. The topological polar surface area (TPSA) is 90.0 Å². The summed E-state index contributed by atoms with van der Waals surface area (Å²) in [6, 6.07) is 8.25. The predicted octanol–water partition coefficient (Wildman–Crippen LogP) is 2.24. The average molecular weight is 342 g/mol. The molecule has 0 atom stereocenters. The van der Waals surface area contributed by atoms with Gasteiger partial charge in [-0.1, -0.05) is 12.1 Å². The molecular formula is C17H15FN4O3. The lowest BCUT2D eigenvalue weighted by atomic mass is 10.2. The van der Waals surface area contributed by atoms with E-state index < -0.39 is 11.7 Å². The van der Waals surface area contributed by atoms with Crippen LogP contribution < -0.4 is 10.9 Å². The molecule has 0 spiro atoms. The maximum Gasteiger partial charge on any atom is 0.259 e. The maximum atomic E-state index is 12.9. The van der Waals surface area contributed by atoms with Crippen LogP contribution in [0.5, 0.6) is 0 Å². The summed E-state index contributed by atoms with van der Waals surface area (Å²) in [6.45, 7) is 1.70. The van der Waals surface area contributed by atoms with Gasteiger partial charge in [0.05, 0.1) is 5.56 Å². The van der Waals surface area contributed by atoms with Crippen LogP contribution in [-0.2, 0) is 17.8 Å². The van der Waals surface area contributed by atoms with Crippen LogP contribution in [0, 0.1) is 5.82 Å². The van der Waals surface area contributed by atoms with E-state index in [0.29, 0.717) is 23.5 Å². The molecule has 0 saturated carbocycles. The van der Waals surface area contributed by atoms with E-state index in [9.17, 15) is 14.0 Å². The van der Waals surface area contributed by atoms with E-state index in [1.54, 1.807) is 6.07 Å². The average Bonchev–Trinajstić information content (AvgIpc) is 3.08. The van der Waals surface area contributed by atoms with Gasteiger partial charge in [0.1, 0.15) is 12.4 Å². The molecule has 0 aliphatic rings. The molecule has 1 amide bonds. The second-order valence-electron chi connectivity index (χ2n) is 5.31. The van der Waals surface area contributed by atoms with Crippen LogP contribution >= 0.6 is 0 Å². The standard InChI is InChI=1S/C17H15FN4O3/c1-2-14-20-17(25-21-14)11-3-8-16(24)22(9-11)10-15(23)19-13-6-4-12(18)5-7-13/h3-9H,2,10H2,1H3,(H,19,23). The third-order valence-corrected chi connectivity index (χ3v) is 3.46. The molecule has 1 N–H and O–H groups in total. The third-order valence-electron chi connectivity index (χ3n) is 3.46. The summed E-state index contributed by atoms with van der Waals surface area (Å²) in [5, 5.41) is 6.40. The van der Waals surface area contributed by atoms with Crippen LogP contribution in [-0.4, -0.2) is 20.6 Å². The fourth-order valence-corrected chi connectivity index (χ4v) is 2.18. The lowest BCUT2D eigenvalue weighted by Gasteiger charge is -2.08. The molecule has 7 nitrogen and oxygen atoms in total. The number of anilines is 1. The summed E-state index contributed by atoms with van der Waals surface area (Å²) >= 11 is 0. The lowest BCUT2D eigenvalue weighted by molar-refractivity contribution is -0.116. The van der Waals surface area contributed by atoms with Crippen molar-refractivity contribution >= 4 is 11.6 Å². The summed E-state index contributed by atoms with van der Waals surface area (Å²) < 4.78 is 19.3. The number of nitrogens with zero attached hydrogens (tertiary/aromatic N) is 3. The summed E-state index contributed by atoms with van der Waals surface area (Å²) in [5.74, 6) is 0.0323. The highest BCUT2D eigenvalue weighted by molar-refractivity contribution is 5.90. The van der Waals surface area contributed by atoms with E-state index in [1.165, 1.54) is 41.1 Å². The zero-order valence-corrected chi connectivity index (χ0v) is 13.4. The number of hydrogen-bond acceptors (Lipinski definition) is 5. The van der Waals surface area contributed by atoms with Crippen molar-refractivity contribution < 1.29 is 13.7 Å². The van der Waals surface area contributed by atoms with Gasteiger partial charge in [-0.2, -0.15) is 4.98 Å². The summed E-state index contributed by atoms with van der Waals surface area (Å²) in [4.78, 5) is 28.3. The summed E-state index contributed by atoms with van der Waals surface area (Å²) in [6.07, 6.45) is 2.11. The lowest BCUT2D eigenvalue weighted by Crippen LogP contribution is -2.26. The number of carbonyl (C=O) groups excluding carboxylic acids is 1. The molecule has 0 radical (unpaired) electrons. The SMILES string of the molecule is CCc1noc(-c2ccc(=O)n(CC(=O)Nc3ccc(F)cc3)c2)n1. The van der Waals surface area contributed by atoms with Gasteiger partial charge in [0.15, 0.2) is 5.82 Å². The van der Waals surface area contributed by atoms with Gasteiger partial charge in [0.25, 0.3) is 11.4 Å². The molecule has 25 heavy (non-hydrogen) atoms. The maximum absolute atomic E-state index is 12.9. The summed E-state index contributed by atoms with van der Waals surface area (Å²) in [7, 11) is 0. The highest BCUT2D eigenvalue weighted by Crippen LogP contribution is 2.15. The minimum Gasteiger partial charge on any atom is -0.334 e. The molecule has 0 unspecified atom stereocenters. The third kappa shape index (κ3) is 3.97. The van der Waals surface area contributed by atoms with E-state index in [0.717, 1.165) is 0 Å². The number of aromatic nitrogens is 3. The number of amides is 1. The molecule has 0 saturated heterocycles. The van der Waals surface area contributed by atoms with Crippen molar-refractivity contribution in [2.24, 2.45) is 0 Å². The monoisotopic (exact) mass is 342 g/mol. The Kier molecular flexibility index (Phi) is 4.69. The number of benzene rings is 1. The molecule has 3 aromatic rings. The van der Waals surface area contributed by atoms with Crippen LogP contribution in [0.3, 0.4) is 0 Å². The molecule has 0 aliphatic heterocycles. The number of pyridine rings is 1. The molecule has 128 valence electrons. The minimum absolute atomic E-state index is 0.196. The first kappa shape index (κ1) is 16.6. The van der Waals surface area contributed by atoms with Crippen molar-refractivity contribution in [1.29, 1.82) is 0 Å².